The predicted octanol–water partition coefficient (Wildman–Crippen LogP) is 7.89. The molecule has 0 radical (unpaired) electrons. The lowest BCUT2D eigenvalue weighted by Gasteiger charge is -2.11. The van der Waals surface area contributed by atoms with Gasteiger partial charge in [-0.2, -0.15) is 0 Å². The van der Waals surface area contributed by atoms with Gasteiger partial charge >= 0.3 is 12.3 Å². The number of aryl methyl sites for hydroxylation is 1. The van der Waals surface area contributed by atoms with E-state index in [0.29, 0.717) is 16.8 Å². The largest absolute Gasteiger partial charge is 0.674 e. The van der Waals surface area contributed by atoms with Gasteiger partial charge in [-0.25, -0.2) is 9.18 Å². The van der Waals surface area contributed by atoms with Crippen LogP contribution in [-0.2, 0) is 6.54 Å². The first-order valence-electron chi connectivity index (χ1n) is 11.5. The third kappa shape index (κ3) is 8.68. The maximum atomic E-state index is 13.0. The fraction of sp³-hybridized carbons (Fsp3) is 0.103. The molecule has 0 unspecified atom stereocenters. The van der Waals surface area contributed by atoms with Crippen LogP contribution in [-0.4, -0.2) is 23.3 Å². The van der Waals surface area contributed by atoms with Crippen molar-refractivity contribution in [1.82, 2.24) is 0 Å². The molecule has 0 heterocycles. The second kappa shape index (κ2) is 12.7. The van der Waals surface area contributed by atoms with Gasteiger partial charge in [0.15, 0.2) is 0 Å². The Morgan fingerprint density at radius 2 is 1.54 bits per heavy atom. The molecule has 4 aromatic rings. The molecule has 0 atom stereocenters. The molecule has 0 saturated carbocycles. The summed E-state index contributed by atoms with van der Waals surface area (Å²) in [6.07, 6.45) is -4.67. The van der Waals surface area contributed by atoms with E-state index in [9.17, 15) is 27.2 Å². The number of halogens is 4. The number of carboxylic acids is 1. The van der Waals surface area contributed by atoms with E-state index in [1.807, 2.05) is 19.1 Å². The van der Waals surface area contributed by atoms with Crippen molar-refractivity contribution in [3.8, 4) is 16.9 Å². The molecule has 0 aliphatic carbocycles. The summed E-state index contributed by atoms with van der Waals surface area (Å²) in [5.74, 6) is -1.99. The van der Waals surface area contributed by atoms with Crippen LogP contribution in [0.25, 0.3) is 16.9 Å². The van der Waals surface area contributed by atoms with Gasteiger partial charge in [0.1, 0.15) is 11.6 Å². The maximum absolute atomic E-state index is 13.0. The second-order valence-corrected chi connectivity index (χ2v) is 8.25. The number of hydrogen-bond donors (Lipinski definition) is 2. The predicted molar refractivity (Wildman–Crippen MR) is 139 cm³/mol. The number of carbonyl (C=O) groups excluding carboxylic acids is 1. The third-order valence-corrected chi connectivity index (χ3v) is 5.38. The van der Waals surface area contributed by atoms with Crippen LogP contribution in [0.4, 0.5) is 23.2 Å². The van der Waals surface area contributed by atoms with Crippen LogP contribution in [0, 0.1) is 12.7 Å². The third-order valence-electron chi connectivity index (χ3n) is 5.38. The highest BCUT2D eigenvalue weighted by atomic mass is 19.4. The van der Waals surface area contributed by atoms with Crippen LogP contribution < -0.4 is 10.1 Å². The van der Waals surface area contributed by atoms with Gasteiger partial charge < -0.3 is 20.9 Å². The number of rotatable bonds is 6. The lowest BCUT2D eigenvalue weighted by Crippen LogP contribution is -2.17. The fourth-order valence-corrected chi connectivity index (χ4v) is 3.46. The minimum atomic E-state index is -4.67. The lowest BCUT2D eigenvalue weighted by molar-refractivity contribution is -0.274. The SMILES string of the molecule is Cc1ccc(NC(=O)c2ccc(F)cc2)cc1-c1ccc(C(=O)O)cc1.[NH-]Cc1cccc(OC(F)(F)F)c1. The summed E-state index contributed by atoms with van der Waals surface area (Å²) < 4.78 is 51.8. The van der Waals surface area contributed by atoms with E-state index in [1.165, 1.54) is 42.5 Å². The van der Waals surface area contributed by atoms with Crippen LogP contribution in [0.15, 0.2) is 91.0 Å². The van der Waals surface area contributed by atoms with Crippen molar-refractivity contribution in [3.05, 3.63) is 125 Å². The van der Waals surface area contributed by atoms with Gasteiger partial charge in [0.25, 0.3) is 5.91 Å². The average molecular weight is 540 g/mol. The van der Waals surface area contributed by atoms with Crippen LogP contribution >= 0.6 is 0 Å². The molecule has 6 nitrogen and oxygen atoms in total. The molecule has 0 spiro atoms. The van der Waals surface area contributed by atoms with Crippen molar-refractivity contribution in [2.24, 2.45) is 0 Å². The van der Waals surface area contributed by atoms with Crippen molar-refractivity contribution in [3.63, 3.8) is 0 Å². The minimum absolute atomic E-state index is 0.0605. The number of ether oxygens (including phenoxy) is 1. The molecule has 3 N–H and O–H groups in total. The van der Waals surface area contributed by atoms with Crippen molar-refractivity contribution in [2.45, 2.75) is 19.8 Å². The fourth-order valence-electron chi connectivity index (χ4n) is 3.46. The number of amides is 1. The van der Waals surface area contributed by atoms with Crippen molar-refractivity contribution >= 4 is 17.6 Å². The van der Waals surface area contributed by atoms with Crippen molar-refractivity contribution < 1.29 is 37.0 Å². The highest BCUT2D eigenvalue weighted by Gasteiger charge is 2.30. The second-order valence-electron chi connectivity index (χ2n) is 8.25. The Kier molecular flexibility index (Phi) is 9.40. The number of carboxylic acid groups (broad SMARTS) is 1. The molecule has 10 heteroatoms. The van der Waals surface area contributed by atoms with Gasteiger partial charge in [0.2, 0.25) is 0 Å². The zero-order valence-electron chi connectivity index (χ0n) is 20.6. The number of nitrogens with one attached hydrogen (secondary N) is 2. The average Bonchev–Trinajstić information content (AvgIpc) is 2.89. The normalized spacial score (nSPS) is 10.7. The van der Waals surface area contributed by atoms with E-state index in [1.54, 1.807) is 36.4 Å². The molecule has 202 valence electrons. The first-order valence-corrected chi connectivity index (χ1v) is 11.5. The Morgan fingerprint density at radius 1 is 0.897 bits per heavy atom. The van der Waals surface area contributed by atoms with Crippen molar-refractivity contribution in [1.29, 1.82) is 0 Å². The molecule has 0 fully saturated rings. The molecular formula is C29H23F4N2O4-. The van der Waals surface area contributed by atoms with Gasteiger partial charge in [-0.1, -0.05) is 35.9 Å². The highest BCUT2D eigenvalue weighted by Crippen LogP contribution is 2.27. The standard InChI is InChI=1S/C21H16FNO3.C8H7F3NO/c1-13-2-11-18(23-20(24)15-7-9-17(22)10-8-15)12-19(13)14-3-5-16(6-4-14)21(25)26;9-8(10,11)13-7-3-1-2-6(4-7)5-12/h2-12H,1H3,(H,23,24)(H,25,26);1-4,12H,5H2/q;-1. The molecule has 4 rings (SSSR count). The zero-order valence-corrected chi connectivity index (χ0v) is 20.6. The number of benzene rings is 4. The Morgan fingerprint density at radius 3 is 2.13 bits per heavy atom. The molecule has 0 saturated heterocycles. The first kappa shape index (κ1) is 28.9. The molecule has 0 aromatic heterocycles. The Bertz CT molecular complexity index is 1440. The number of alkyl halides is 3. The maximum Gasteiger partial charge on any atom is 0.573 e. The van der Waals surface area contributed by atoms with E-state index in [2.05, 4.69) is 10.1 Å². The van der Waals surface area contributed by atoms with E-state index in [0.717, 1.165) is 16.7 Å². The molecule has 0 aliphatic rings. The Labute approximate surface area is 221 Å². The summed E-state index contributed by atoms with van der Waals surface area (Å²) in [5.41, 5.74) is 11.3. The van der Waals surface area contributed by atoms with E-state index < -0.39 is 18.1 Å². The van der Waals surface area contributed by atoms with Gasteiger partial charge in [0.05, 0.1) is 5.56 Å². The Hall–Kier alpha value is -4.70. The summed E-state index contributed by atoms with van der Waals surface area (Å²) in [6, 6.07) is 22.7. The summed E-state index contributed by atoms with van der Waals surface area (Å²) in [7, 11) is 0. The summed E-state index contributed by atoms with van der Waals surface area (Å²) in [6.45, 7) is 1.88. The Balaban J connectivity index is 0.000000272. The van der Waals surface area contributed by atoms with Crippen molar-refractivity contribution in [2.75, 3.05) is 5.32 Å². The quantitative estimate of drug-likeness (QED) is 0.243. The summed E-state index contributed by atoms with van der Waals surface area (Å²) in [5, 5.41) is 11.8. The van der Waals surface area contributed by atoms with Crippen LogP contribution in [0.5, 0.6) is 5.75 Å². The summed E-state index contributed by atoms with van der Waals surface area (Å²) in [4.78, 5) is 23.3. The number of anilines is 1. The topological polar surface area (TPSA) is 99.4 Å². The lowest BCUT2D eigenvalue weighted by atomic mass is 9.98. The summed E-state index contributed by atoms with van der Waals surface area (Å²) >= 11 is 0. The van der Waals surface area contributed by atoms with Gasteiger partial charge in [-0.05, 0) is 84.3 Å². The molecule has 0 aliphatic heterocycles. The smallest absolute Gasteiger partial charge is 0.573 e. The van der Waals surface area contributed by atoms with Crippen LogP contribution in [0.1, 0.15) is 31.8 Å². The van der Waals surface area contributed by atoms with Crippen LogP contribution in [0.2, 0.25) is 0 Å². The monoisotopic (exact) mass is 539 g/mol. The molecule has 39 heavy (non-hydrogen) atoms. The molecular weight excluding hydrogens is 516 g/mol. The van der Waals surface area contributed by atoms with E-state index in [4.69, 9.17) is 10.8 Å². The molecule has 4 aromatic carbocycles. The van der Waals surface area contributed by atoms with Gasteiger partial charge in [0, 0.05) is 11.3 Å². The molecule has 0 bridgehead atoms. The first-order chi connectivity index (χ1) is 18.4. The molecule has 1 amide bonds. The number of aromatic carboxylic acids is 1. The number of hydrogen-bond acceptors (Lipinski definition) is 3. The van der Waals surface area contributed by atoms with Gasteiger partial charge in [-0.3, -0.25) is 4.79 Å². The highest BCUT2D eigenvalue weighted by molar-refractivity contribution is 6.04. The van der Waals surface area contributed by atoms with Gasteiger partial charge in [-0.15, -0.1) is 19.7 Å². The number of carbonyl (C=O) groups is 2. The van der Waals surface area contributed by atoms with Crippen LogP contribution in [0.3, 0.4) is 0 Å². The van der Waals surface area contributed by atoms with E-state index in [-0.39, 0.29) is 23.8 Å². The minimum Gasteiger partial charge on any atom is -0.674 e. The zero-order chi connectivity index (χ0) is 28.6. The van der Waals surface area contributed by atoms with E-state index >= 15 is 0 Å².